The van der Waals surface area contributed by atoms with E-state index in [0.717, 1.165) is 11.3 Å². The Morgan fingerprint density at radius 2 is 1.00 bits per heavy atom. The molecule has 0 bridgehead atoms. The molecule has 7 aromatic carbocycles. The van der Waals surface area contributed by atoms with E-state index in [1.165, 1.54) is 77.2 Å². The highest BCUT2D eigenvalue weighted by Crippen LogP contribution is 2.58. The van der Waals surface area contributed by atoms with Crippen LogP contribution < -0.4 is 0 Å². The number of fused-ring (bicyclic) bond motifs is 5. The third-order valence-electron chi connectivity index (χ3n) is 9.62. The van der Waals surface area contributed by atoms with Gasteiger partial charge in [-0.25, -0.2) is 9.97 Å². The van der Waals surface area contributed by atoms with Crippen LogP contribution in [0, 0.1) is 0 Å². The van der Waals surface area contributed by atoms with Gasteiger partial charge in [-0.15, -0.1) is 0 Å². The van der Waals surface area contributed by atoms with Gasteiger partial charge in [-0.3, -0.25) is 4.40 Å². The largest absolute Gasteiger partial charge is 0.291 e. The Morgan fingerprint density at radius 1 is 0.426 bits per heavy atom. The molecular weight excluding hydrogens is 571 g/mol. The Hall–Kier alpha value is -6.32. The average Bonchev–Trinajstić information content (AvgIpc) is 3.72. The van der Waals surface area contributed by atoms with Crippen molar-refractivity contribution >= 4 is 27.3 Å². The van der Waals surface area contributed by atoms with Crippen LogP contribution in [0.3, 0.4) is 0 Å². The molecule has 0 fully saturated rings. The van der Waals surface area contributed by atoms with Gasteiger partial charge >= 0.3 is 0 Å². The summed E-state index contributed by atoms with van der Waals surface area (Å²) in [6.07, 6.45) is 5.82. The summed E-state index contributed by atoms with van der Waals surface area (Å²) in [4.78, 5) is 9.23. The van der Waals surface area contributed by atoms with Crippen LogP contribution in [0.2, 0.25) is 0 Å². The summed E-state index contributed by atoms with van der Waals surface area (Å²) in [6.45, 7) is 0. The Morgan fingerprint density at radius 3 is 1.70 bits per heavy atom. The van der Waals surface area contributed by atoms with Crippen molar-refractivity contribution in [2.24, 2.45) is 0 Å². The highest BCUT2D eigenvalue weighted by molar-refractivity contribution is 6.28. The second-order valence-corrected chi connectivity index (χ2v) is 12.2. The van der Waals surface area contributed by atoms with Crippen LogP contribution in [0.1, 0.15) is 0 Å². The SMILES string of the molecule is c1ccc(-c2c3c(c(-c4ccccc4)c4ccccc24)-c2ccc(-c4cccc(-c5cn6cccnc6n5)c4)c4cccc-3c24)cc1. The molecule has 0 spiro atoms. The van der Waals surface area contributed by atoms with Crippen LogP contribution in [0.25, 0.3) is 94.2 Å². The van der Waals surface area contributed by atoms with Gasteiger partial charge in [0, 0.05) is 24.2 Å². The van der Waals surface area contributed by atoms with Gasteiger partial charge in [0.2, 0.25) is 5.78 Å². The van der Waals surface area contributed by atoms with E-state index < -0.39 is 0 Å². The highest BCUT2D eigenvalue weighted by Gasteiger charge is 2.31. The Bertz CT molecular complexity index is 2540. The molecule has 1 aliphatic rings. The second kappa shape index (κ2) is 10.1. The first-order valence-electron chi connectivity index (χ1n) is 16.0. The van der Waals surface area contributed by atoms with E-state index in [0.29, 0.717) is 5.78 Å². The average molecular weight is 598 g/mol. The van der Waals surface area contributed by atoms with Gasteiger partial charge in [-0.1, -0.05) is 133 Å². The summed E-state index contributed by atoms with van der Waals surface area (Å²) in [6, 6.07) is 52.9. The van der Waals surface area contributed by atoms with E-state index in [4.69, 9.17) is 4.98 Å². The molecule has 9 aromatic rings. The topological polar surface area (TPSA) is 30.2 Å². The number of hydrogen-bond acceptors (Lipinski definition) is 2. The lowest BCUT2D eigenvalue weighted by Gasteiger charge is -2.20. The quantitative estimate of drug-likeness (QED) is 0.202. The van der Waals surface area contributed by atoms with Gasteiger partial charge in [-0.2, -0.15) is 0 Å². The van der Waals surface area contributed by atoms with E-state index in [1.54, 1.807) is 6.20 Å². The summed E-state index contributed by atoms with van der Waals surface area (Å²) in [7, 11) is 0. The van der Waals surface area contributed by atoms with E-state index in [2.05, 4.69) is 145 Å². The molecule has 2 aromatic heterocycles. The van der Waals surface area contributed by atoms with Gasteiger partial charge in [-0.05, 0) is 89.3 Å². The first-order chi connectivity index (χ1) is 23.3. The van der Waals surface area contributed by atoms with Crippen LogP contribution >= 0.6 is 0 Å². The monoisotopic (exact) mass is 597 g/mol. The van der Waals surface area contributed by atoms with Gasteiger partial charge < -0.3 is 0 Å². The van der Waals surface area contributed by atoms with E-state index in [9.17, 15) is 0 Å². The van der Waals surface area contributed by atoms with Crippen LogP contribution in [0.15, 0.2) is 164 Å². The van der Waals surface area contributed by atoms with Crippen LogP contribution in [0.4, 0.5) is 0 Å². The zero-order valence-corrected chi connectivity index (χ0v) is 25.4. The lowest BCUT2D eigenvalue weighted by Crippen LogP contribution is -1.93. The minimum absolute atomic E-state index is 0.701. The van der Waals surface area contributed by atoms with Crippen molar-refractivity contribution in [3.8, 4) is 66.9 Å². The maximum absolute atomic E-state index is 4.80. The number of imidazole rings is 1. The van der Waals surface area contributed by atoms with E-state index in [-0.39, 0.29) is 0 Å². The zero-order valence-electron chi connectivity index (χ0n) is 25.4. The predicted molar refractivity (Wildman–Crippen MR) is 194 cm³/mol. The van der Waals surface area contributed by atoms with Crippen molar-refractivity contribution in [1.29, 1.82) is 0 Å². The Labute approximate surface area is 272 Å². The molecule has 0 unspecified atom stereocenters. The van der Waals surface area contributed by atoms with Crippen LogP contribution in [0.5, 0.6) is 0 Å². The third kappa shape index (κ3) is 3.87. The number of benzene rings is 7. The molecule has 0 radical (unpaired) electrons. The van der Waals surface area contributed by atoms with E-state index in [1.807, 2.05) is 22.9 Å². The first kappa shape index (κ1) is 26.0. The van der Waals surface area contributed by atoms with Gasteiger partial charge in [0.1, 0.15) is 0 Å². The van der Waals surface area contributed by atoms with Gasteiger partial charge in [0.05, 0.1) is 5.69 Å². The van der Waals surface area contributed by atoms with E-state index >= 15 is 0 Å². The third-order valence-corrected chi connectivity index (χ3v) is 9.62. The van der Waals surface area contributed by atoms with Crippen molar-refractivity contribution in [3.63, 3.8) is 0 Å². The normalized spacial score (nSPS) is 11.8. The van der Waals surface area contributed by atoms with Crippen LogP contribution in [-0.4, -0.2) is 14.4 Å². The molecule has 47 heavy (non-hydrogen) atoms. The number of hydrogen-bond donors (Lipinski definition) is 0. The molecule has 10 rings (SSSR count). The number of aromatic nitrogens is 3. The van der Waals surface area contributed by atoms with Gasteiger partial charge in [0.25, 0.3) is 0 Å². The van der Waals surface area contributed by atoms with Crippen molar-refractivity contribution in [3.05, 3.63) is 164 Å². The number of nitrogens with zero attached hydrogens (tertiary/aromatic N) is 3. The fourth-order valence-corrected chi connectivity index (χ4v) is 7.68. The summed E-state index contributed by atoms with van der Waals surface area (Å²) < 4.78 is 1.97. The molecule has 0 amide bonds. The van der Waals surface area contributed by atoms with Crippen molar-refractivity contribution in [2.45, 2.75) is 0 Å². The lowest BCUT2D eigenvalue weighted by atomic mass is 9.82. The van der Waals surface area contributed by atoms with Crippen molar-refractivity contribution in [2.75, 3.05) is 0 Å². The molecule has 3 nitrogen and oxygen atoms in total. The zero-order chi connectivity index (χ0) is 30.9. The lowest BCUT2D eigenvalue weighted by molar-refractivity contribution is 1.11. The summed E-state index contributed by atoms with van der Waals surface area (Å²) >= 11 is 0. The maximum atomic E-state index is 4.80. The molecule has 0 N–H and O–H groups in total. The standard InChI is InChI=1S/C44H27N3/c1-3-12-28(13-4-1)39-34-18-7-8-19-35(34)40(29-14-5-2-6-15-29)43-37-23-22-32(33-20-10-21-36(41(33)37)42(39)43)30-16-9-17-31(26-30)38-27-47-25-11-24-45-44(47)46-38/h1-27H. The first-order valence-corrected chi connectivity index (χ1v) is 16.0. The minimum atomic E-state index is 0.701. The summed E-state index contributed by atoms with van der Waals surface area (Å²) in [5.74, 6) is 0.701. The Balaban J connectivity index is 1.27. The fraction of sp³-hybridized carbons (Fsp3) is 0. The minimum Gasteiger partial charge on any atom is -0.291 e. The smallest absolute Gasteiger partial charge is 0.234 e. The predicted octanol–water partition coefficient (Wildman–Crippen LogP) is 11.4. The fourth-order valence-electron chi connectivity index (χ4n) is 7.68. The molecule has 3 heteroatoms. The Kier molecular flexibility index (Phi) is 5.57. The maximum Gasteiger partial charge on any atom is 0.234 e. The number of rotatable bonds is 4. The molecule has 1 aliphatic carbocycles. The molecule has 0 saturated heterocycles. The molecule has 0 atom stereocenters. The summed E-state index contributed by atoms with van der Waals surface area (Å²) in [5.41, 5.74) is 14.6. The van der Waals surface area contributed by atoms with Gasteiger partial charge in [0.15, 0.2) is 0 Å². The summed E-state index contributed by atoms with van der Waals surface area (Å²) in [5, 5.41) is 5.12. The molecule has 2 heterocycles. The second-order valence-electron chi connectivity index (χ2n) is 12.2. The van der Waals surface area contributed by atoms with Crippen molar-refractivity contribution in [1.82, 2.24) is 14.4 Å². The molecular formula is C44H27N3. The van der Waals surface area contributed by atoms with Crippen LogP contribution in [-0.2, 0) is 0 Å². The highest BCUT2D eigenvalue weighted by atomic mass is 15.1. The molecule has 218 valence electrons. The van der Waals surface area contributed by atoms with Crippen molar-refractivity contribution < 1.29 is 0 Å². The molecule has 0 aliphatic heterocycles. The molecule has 0 saturated carbocycles.